The number of aliphatic imine (C=N–C) groups is 1. The number of nitrogens with zero attached hydrogens (tertiary/aromatic N) is 1. The summed E-state index contributed by atoms with van der Waals surface area (Å²) in [6.45, 7) is 8.80. The molecule has 0 spiro atoms. The number of amides is 1. The Hall–Kier alpha value is -2.77. The summed E-state index contributed by atoms with van der Waals surface area (Å²) in [4.78, 5) is 28.3. The molecule has 8 nitrogen and oxygen atoms in total. The maximum Gasteiger partial charge on any atom is 0.341 e. The molecule has 150 valence electrons. The van der Waals surface area contributed by atoms with Gasteiger partial charge in [0.25, 0.3) is 0 Å². The van der Waals surface area contributed by atoms with Crippen molar-refractivity contribution in [3.63, 3.8) is 0 Å². The van der Waals surface area contributed by atoms with E-state index in [2.05, 4.69) is 20.9 Å². The fraction of sp³-hybridized carbons (Fsp3) is 0.526. The van der Waals surface area contributed by atoms with Crippen LogP contribution in [0.25, 0.3) is 0 Å². The second-order valence-corrected chi connectivity index (χ2v) is 6.87. The predicted octanol–water partition coefficient (Wildman–Crippen LogP) is 1.45. The second-order valence-electron chi connectivity index (χ2n) is 6.87. The molecule has 0 heterocycles. The first-order chi connectivity index (χ1) is 12.7. The van der Waals surface area contributed by atoms with Gasteiger partial charge in [-0.15, -0.1) is 0 Å². The quantitative estimate of drug-likeness (QED) is 0.377. The van der Waals surface area contributed by atoms with E-state index in [4.69, 9.17) is 9.47 Å². The first kappa shape index (κ1) is 22.3. The van der Waals surface area contributed by atoms with Crippen molar-refractivity contribution < 1.29 is 19.1 Å². The fourth-order valence-corrected chi connectivity index (χ4v) is 2.26. The summed E-state index contributed by atoms with van der Waals surface area (Å²) >= 11 is 0. The van der Waals surface area contributed by atoms with Crippen LogP contribution < -0.4 is 20.7 Å². The molecule has 1 amide bonds. The zero-order chi connectivity index (χ0) is 20.4. The van der Waals surface area contributed by atoms with Crippen LogP contribution in [0.15, 0.2) is 23.2 Å². The maximum atomic E-state index is 11.9. The molecule has 1 rings (SSSR count). The molecule has 27 heavy (non-hydrogen) atoms. The molecule has 0 aliphatic rings. The van der Waals surface area contributed by atoms with Crippen LogP contribution in [-0.4, -0.2) is 50.7 Å². The summed E-state index contributed by atoms with van der Waals surface area (Å²) in [6.07, 6.45) is 0. The maximum absolute atomic E-state index is 11.9. The number of ether oxygens (including phenoxy) is 2. The summed E-state index contributed by atoms with van der Waals surface area (Å²) in [7, 11) is 2.82. The Balaban J connectivity index is 2.83. The van der Waals surface area contributed by atoms with Crippen LogP contribution >= 0.6 is 0 Å². The van der Waals surface area contributed by atoms with Crippen molar-refractivity contribution >= 4 is 17.8 Å². The van der Waals surface area contributed by atoms with Gasteiger partial charge >= 0.3 is 5.97 Å². The average Bonchev–Trinajstić information content (AvgIpc) is 2.61. The summed E-state index contributed by atoms with van der Waals surface area (Å²) in [5.74, 6) is 0.363. The number of methoxy groups -OCH3 is 2. The van der Waals surface area contributed by atoms with Gasteiger partial charge in [0.05, 0.1) is 27.3 Å². The Morgan fingerprint density at radius 1 is 1.15 bits per heavy atom. The molecule has 0 aromatic heterocycles. The summed E-state index contributed by atoms with van der Waals surface area (Å²) < 4.78 is 9.97. The van der Waals surface area contributed by atoms with E-state index in [-0.39, 0.29) is 18.0 Å². The van der Waals surface area contributed by atoms with Crippen LogP contribution in [0.5, 0.6) is 5.75 Å². The Kier molecular flexibility index (Phi) is 8.58. The third kappa shape index (κ3) is 7.98. The van der Waals surface area contributed by atoms with E-state index < -0.39 is 5.97 Å². The molecule has 1 aromatic rings. The monoisotopic (exact) mass is 378 g/mol. The lowest BCUT2D eigenvalue weighted by atomic mass is 10.1. The van der Waals surface area contributed by atoms with Crippen molar-refractivity contribution in [1.82, 2.24) is 16.0 Å². The smallest absolute Gasteiger partial charge is 0.341 e. The molecule has 0 aliphatic carbocycles. The number of carbonyl (C=O) groups is 2. The number of nitrogens with one attached hydrogen (secondary N) is 3. The molecule has 8 heteroatoms. The van der Waals surface area contributed by atoms with Crippen LogP contribution in [0, 0.1) is 0 Å². The van der Waals surface area contributed by atoms with Crippen molar-refractivity contribution in [2.45, 2.75) is 39.8 Å². The van der Waals surface area contributed by atoms with Gasteiger partial charge < -0.3 is 25.4 Å². The second kappa shape index (κ2) is 10.4. The van der Waals surface area contributed by atoms with Crippen LogP contribution in [0.1, 0.15) is 43.6 Å². The van der Waals surface area contributed by atoms with Crippen molar-refractivity contribution in [2.75, 3.05) is 27.3 Å². The molecule has 0 atom stereocenters. The molecule has 0 saturated heterocycles. The Bertz CT molecular complexity index is 681. The number of esters is 1. The Morgan fingerprint density at radius 3 is 2.41 bits per heavy atom. The first-order valence-electron chi connectivity index (χ1n) is 8.78. The summed E-state index contributed by atoms with van der Waals surface area (Å²) in [5.41, 5.74) is 0.865. The lowest BCUT2D eigenvalue weighted by molar-refractivity contribution is -0.121. The van der Waals surface area contributed by atoms with Crippen molar-refractivity contribution in [2.24, 2.45) is 4.99 Å². The van der Waals surface area contributed by atoms with Gasteiger partial charge in [0, 0.05) is 12.1 Å². The van der Waals surface area contributed by atoms with Crippen LogP contribution in [0.2, 0.25) is 0 Å². The zero-order valence-electron chi connectivity index (χ0n) is 16.9. The highest BCUT2D eigenvalue weighted by Crippen LogP contribution is 2.21. The highest BCUT2D eigenvalue weighted by Gasteiger charge is 2.15. The molecule has 0 radical (unpaired) electrons. The topological polar surface area (TPSA) is 101 Å². The van der Waals surface area contributed by atoms with E-state index in [1.807, 2.05) is 33.8 Å². The van der Waals surface area contributed by atoms with Crippen LogP contribution in [0.3, 0.4) is 0 Å². The van der Waals surface area contributed by atoms with Gasteiger partial charge in [0.15, 0.2) is 5.96 Å². The normalized spacial score (nSPS) is 11.6. The molecular formula is C19H30N4O4. The van der Waals surface area contributed by atoms with Crippen molar-refractivity contribution in [3.05, 3.63) is 29.3 Å². The highest BCUT2D eigenvalue weighted by atomic mass is 16.5. The summed E-state index contributed by atoms with van der Waals surface area (Å²) in [6, 6.07) is 5.21. The minimum atomic E-state index is -0.471. The van der Waals surface area contributed by atoms with Gasteiger partial charge in [-0.2, -0.15) is 0 Å². The Labute approximate surface area is 160 Å². The number of hydrogen-bond donors (Lipinski definition) is 3. The summed E-state index contributed by atoms with van der Waals surface area (Å²) in [5, 5.41) is 8.96. The Morgan fingerprint density at radius 2 is 1.85 bits per heavy atom. The van der Waals surface area contributed by atoms with Crippen molar-refractivity contribution in [1.29, 1.82) is 0 Å². The van der Waals surface area contributed by atoms with Gasteiger partial charge in [-0.05, 0) is 45.4 Å². The van der Waals surface area contributed by atoms with E-state index in [0.717, 1.165) is 5.56 Å². The first-order valence-corrected chi connectivity index (χ1v) is 8.78. The largest absolute Gasteiger partial charge is 0.496 e. The van der Waals surface area contributed by atoms with Crippen molar-refractivity contribution in [3.8, 4) is 5.75 Å². The molecule has 1 aromatic carbocycles. The highest BCUT2D eigenvalue weighted by molar-refractivity contribution is 5.92. The van der Waals surface area contributed by atoms with E-state index in [1.54, 1.807) is 12.1 Å². The standard InChI is InChI=1S/C19H30N4O4/c1-7-20-18(22-12-16(24)23-19(2,3)4)21-11-13-8-9-15(26-5)14(10-13)17(25)27-6/h8-10H,7,11-12H2,1-6H3,(H,23,24)(H2,20,21,22). The van der Waals surface area contributed by atoms with Crippen LogP contribution in [0.4, 0.5) is 0 Å². The van der Waals surface area contributed by atoms with Gasteiger partial charge in [-0.1, -0.05) is 6.07 Å². The minimum absolute atomic E-state index is 0.110. The van der Waals surface area contributed by atoms with E-state index in [0.29, 0.717) is 30.4 Å². The van der Waals surface area contributed by atoms with E-state index in [9.17, 15) is 9.59 Å². The molecule has 0 bridgehead atoms. The number of hydrogen-bond acceptors (Lipinski definition) is 5. The third-order valence-corrected chi connectivity index (χ3v) is 3.36. The number of carbonyl (C=O) groups excluding carboxylic acids is 2. The van der Waals surface area contributed by atoms with E-state index in [1.165, 1.54) is 14.2 Å². The SMILES string of the molecule is CCNC(=NCc1ccc(OC)c(C(=O)OC)c1)NCC(=O)NC(C)(C)C. The minimum Gasteiger partial charge on any atom is -0.496 e. The lowest BCUT2D eigenvalue weighted by Crippen LogP contribution is -2.48. The average molecular weight is 378 g/mol. The molecular weight excluding hydrogens is 348 g/mol. The number of guanidine groups is 1. The van der Waals surface area contributed by atoms with Gasteiger partial charge in [-0.3, -0.25) is 4.79 Å². The number of rotatable bonds is 7. The molecule has 0 unspecified atom stereocenters. The lowest BCUT2D eigenvalue weighted by Gasteiger charge is -2.21. The van der Waals surface area contributed by atoms with Gasteiger partial charge in [0.1, 0.15) is 11.3 Å². The molecule has 0 saturated carbocycles. The predicted molar refractivity (Wildman–Crippen MR) is 105 cm³/mol. The molecule has 0 fully saturated rings. The zero-order valence-corrected chi connectivity index (χ0v) is 16.9. The number of benzene rings is 1. The van der Waals surface area contributed by atoms with E-state index >= 15 is 0 Å². The third-order valence-electron chi connectivity index (χ3n) is 3.36. The van der Waals surface area contributed by atoms with Gasteiger partial charge in [0.2, 0.25) is 5.91 Å². The van der Waals surface area contributed by atoms with Crippen LogP contribution in [-0.2, 0) is 16.1 Å². The fourth-order valence-electron chi connectivity index (χ4n) is 2.26. The van der Waals surface area contributed by atoms with Gasteiger partial charge in [-0.25, -0.2) is 9.79 Å². The molecule has 0 aliphatic heterocycles. The molecule has 3 N–H and O–H groups in total.